The Kier molecular flexibility index (Phi) is 2.99. The number of aryl methyl sites for hydroxylation is 1. The van der Waals surface area contributed by atoms with E-state index in [1.165, 1.54) is 23.4 Å². The highest BCUT2D eigenvalue weighted by molar-refractivity contribution is 7.13. The Morgan fingerprint density at radius 2 is 2.47 bits per heavy atom. The lowest BCUT2D eigenvalue weighted by molar-refractivity contribution is 0.588. The van der Waals surface area contributed by atoms with Crippen molar-refractivity contribution in [2.75, 3.05) is 6.54 Å². The zero-order valence-electron chi connectivity index (χ0n) is 9.99. The maximum Gasteiger partial charge on any atom is 0.108 e. The number of aromatic nitrogens is 2. The number of rotatable bonds is 3. The fourth-order valence-electron chi connectivity index (χ4n) is 2.44. The van der Waals surface area contributed by atoms with Crippen molar-refractivity contribution in [2.24, 2.45) is 0 Å². The Morgan fingerprint density at radius 3 is 3.18 bits per heavy atom. The van der Waals surface area contributed by atoms with Gasteiger partial charge in [0.25, 0.3) is 0 Å². The molecule has 1 fully saturated rings. The number of imidazole rings is 1. The van der Waals surface area contributed by atoms with E-state index in [1.54, 1.807) is 11.3 Å². The van der Waals surface area contributed by atoms with Crippen LogP contribution >= 0.6 is 11.3 Å². The number of H-pyrrole nitrogens is 1. The molecule has 1 aliphatic rings. The predicted molar refractivity (Wildman–Crippen MR) is 71.4 cm³/mol. The average Bonchev–Trinajstić information content (AvgIpc) is 3.00. The SMILES string of the molecule is Cc1[nH]c(CC2CCCN2)nc1-c1cccs1. The Morgan fingerprint density at radius 1 is 1.53 bits per heavy atom. The minimum Gasteiger partial charge on any atom is -0.345 e. The molecule has 2 aromatic heterocycles. The molecule has 1 aliphatic heterocycles. The van der Waals surface area contributed by atoms with Crippen molar-refractivity contribution in [3.8, 4) is 10.6 Å². The molecule has 0 bridgehead atoms. The van der Waals surface area contributed by atoms with Crippen molar-refractivity contribution in [3.05, 3.63) is 29.0 Å². The fraction of sp³-hybridized carbons (Fsp3) is 0.462. The van der Waals surface area contributed by atoms with Gasteiger partial charge in [0.05, 0.1) is 4.88 Å². The summed E-state index contributed by atoms with van der Waals surface area (Å²) in [6.45, 7) is 3.26. The van der Waals surface area contributed by atoms with Gasteiger partial charge < -0.3 is 10.3 Å². The number of thiophene rings is 1. The van der Waals surface area contributed by atoms with Crippen molar-refractivity contribution < 1.29 is 0 Å². The van der Waals surface area contributed by atoms with Crippen LogP contribution in [0, 0.1) is 6.92 Å². The molecule has 90 valence electrons. The van der Waals surface area contributed by atoms with Crippen molar-refractivity contribution in [3.63, 3.8) is 0 Å². The third-order valence-corrected chi connectivity index (χ3v) is 4.17. The average molecular weight is 247 g/mol. The molecular formula is C13H17N3S. The third kappa shape index (κ3) is 2.28. The second kappa shape index (κ2) is 4.63. The topological polar surface area (TPSA) is 40.7 Å². The van der Waals surface area contributed by atoms with E-state index < -0.39 is 0 Å². The molecule has 3 nitrogen and oxygen atoms in total. The monoisotopic (exact) mass is 247 g/mol. The molecule has 3 heterocycles. The zero-order valence-corrected chi connectivity index (χ0v) is 10.8. The van der Waals surface area contributed by atoms with Crippen LogP contribution in [-0.4, -0.2) is 22.6 Å². The van der Waals surface area contributed by atoms with E-state index in [9.17, 15) is 0 Å². The Bertz CT molecular complexity index is 481. The first-order chi connectivity index (χ1) is 8.33. The van der Waals surface area contributed by atoms with Gasteiger partial charge in [-0.2, -0.15) is 0 Å². The van der Waals surface area contributed by atoms with Crippen LogP contribution in [0.25, 0.3) is 10.6 Å². The lowest BCUT2D eigenvalue weighted by atomic mass is 10.1. The summed E-state index contributed by atoms with van der Waals surface area (Å²) >= 11 is 1.75. The standard InChI is InChI=1S/C13H17N3S/c1-9-13(11-5-3-7-17-11)16-12(15-9)8-10-4-2-6-14-10/h3,5,7,10,14H,2,4,6,8H2,1H3,(H,15,16). The Hall–Kier alpha value is -1.13. The Labute approximate surface area is 105 Å². The van der Waals surface area contributed by atoms with Crippen LogP contribution in [0.1, 0.15) is 24.4 Å². The molecule has 0 aliphatic carbocycles. The summed E-state index contributed by atoms with van der Waals surface area (Å²) in [6.07, 6.45) is 3.59. The number of aromatic amines is 1. The summed E-state index contributed by atoms with van der Waals surface area (Å²) in [7, 11) is 0. The van der Waals surface area contributed by atoms with Crippen LogP contribution in [0.2, 0.25) is 0 Å². The number of nitrogens with zero attached hydrogens (tertiary/aromatic N) is 1. The first-order valence-electron chi connectivity index (χ1n) is 6.15. The van der Waals surface area contributed by atoms with E-state index in [-0.39, 0.29) is 0 Å². The maximum atomic E-state index is 4.73. The summed E-state index contributed by atoms with van der Waals surface area (Å²) < 4.78 is 0. The summed E-state index contributed by atoms with van der Waals surface area (Å²) in [5.74, 6) is 1.12. The van der Waals surface area contributed by atoms with E-state index >= 15 is 0 Å². The van der Waals surface area contributed by atoms with Crippen molar-refractivity contribution in [1.82, 2.24) is 15.3 Å². The Balaban J connectivity index is 1.80. The predicted octanol–water partition coefficient (Wildman–Crippen LogP) is 2.74. The smallest absolute Gasteiger partial charge is 0.108 e. The first kappa shape index (κ1) is 11.0. The van der Waals surface area contributed by atoms with Crippen LogP contribution in [0.4, 0.5) is 0 Å². The highest BCUT2D eigenvalue weighted by atomic mass is 32.1. The summed E-state index contributed by atoms with van der Waals surface area (Å²) in [5, 5.41) is 5.61. The molecule has 2 aromatic rings. The molecule has 3 rings (SSSR count). The lowest BCUT2D eigenvalue weighted by Gasteiger charge is -2.06. The highest BCUT2D eigenvalue weighted by Crippen LogP contribution is 2.26. The molecule has 0 radical (unpaired) electrons. The molecular weight excluding hydrogens is 230 g/mol. The second-order valence-electron chi connectivity index (χ2n) is 4.63. The van der Waals surface area contributed by atoms with Gasteiger partial charge in [0.2, 0.25) is 0 Å². The third-order valence-electron chi connectivity index (χ3n) is 3.29. The normalized spacial score (nSPS) is 19.9. The molecule has 1 saturated heterocycles. The van der Waals surface area contributed by atoms with Crippen LogP contribution in [0.3, 0.4) is 0 Å². The van der Waals surface area contributed by atoms with Gasteiger partial charge >= 0.3 is 0 Å². The maximum absolute atomic E-state index is 4.73. The van der Waals surface area contributed by atoms with E-state index in [0.717, 1.165) is 24.5 Å². The van der Waals surface area contributed by atoms with E-state index in [4.69, 9.17) is 4.98 Å². The van der Waals surface area contributed by atoms with Gasteiger partial charge in [-0.25, -0.2) is 4.98 Å². The van der Waals surface area contributed by atoms with Crippen molar-refractivity contribution in [2.45, 2.75) is 32.2 Å². The van der Waals surface area contributed by atoms with Crippen molar-refractivity contribution in [1.29, 1.82) is 0 Å². The van der Waals surface area contributed by atoms with Gasteiger partial charge in [-0.3, -0.25) is 0 Å². The lowest BCUT2D eigenvalue weighted by Crippen LogP contribution is -2.24. The highest BCUT2D eigenvalue weighted by Gasteiger charge is 2.17. The fourth-order valence-corrected chi connectivity index (χ4v) is 3.21. The van der Waals surface area contributed by atoms with Gasteiger partial charge in [-0.15, -0.1) is 11.3 Å². The molecule has 17 heavy (non-hydrogen) atoms. The number of hydrogen-bond acceptors (Lipinski definition) is 3. The first-order valence-corrected chi connectivity index (χ1v) is 7.03. The van der Waals surface area contributed by atoms with Gasteiger partial charge in [0.1, 0.15) is 11.5 Å². The summed E-state index contributed by atoms with van der Waals surface area (Å²) in [4.78, 5) is 9.40. The minimum absolute atomic E-state index is 0.608. The molecule has 2 N–H and O–H groups in total. The molecule has 0 spiro atoms. The summed E-state index contributed by atoms with van der Waals surface area (Å²) in [6, 6.07) is 4.81. The quantitative estimate of drug-likeness (QED) is 0.875. The van der Waals surface area contributed by atoms with E-state index in [2.05, 4.69) is 34.7 Å². The molecule has 0 saturated carbocycles. The number of hydrogen-bond donors (Lipinski definition) is 2. The second-order valence-corrected chi connectivity index (χ2v) is 5.58. The van der Waals surface area contributed by atoms with Crippen LogP contribution < -0.4 is 5.32 Å². The van der Waals surface area contributed by atoms with Gasteiger partial charge in [0, 0.05) is 18.2 Å². The van der Waals surface area contributed by atoms with Crippen molar-refractivity contribution >= 4 is 11.3 Å². The largest absolute Gasteiger partial charge is 0.345 e. The minimum atomic E-state index is 0.608. The van der Waals surface area contributed by atoms with E-state index in [1.807, 2.05) is 0 Å². The van der Waals surface area contributed by atoms with Crippen LogP contribution in [-0.2, 0) is 6.42 Å². The molecule has 1 unspecified atom stereocenters. The van der Waals surface area contributed by atoms with Gasteiger partial charge in [-0.1, -0.05) is 6.07 Å². The number of nitrogens with one attached hydrogen (secondary N) is 2. The molecule has 4 heteroatoms. The zero-order chi connectivity index (χ0) is 11.7. The van der Waals surface area contributed by atoms with Crippen LogP contribution in [0.15, 0.2) is 17.5 Å². The molecule has 1 atom stereocenters. The summed E-state index contributed by atoms with van der Waals surface area (Å²) in [5.41, 5.74) is 2.30. The molecule has 0 aromatic carbocycles. The van der Waals surface area contributed by atoms with E-state index in [0.29, 0.717) is 6.04 Å². The van der Waals surface area contributed by atoms with Crippen LogP contribution in [0.5, 0.6) is 0 Å². The molecule has 0 amide bonds. The van der Waals surface area contributed by atoms with Gasteiger partial charge in [-0.05, 0) is 37.8 Å². The van der Waals surface area contributed by atoms with Gasteiger partial charge in [0.15, 0.2) is 0 Å².